The summed E-state index contributed by atoms with van der Waals surface area (Å²) in [7, 11) is 0. The van der Waals surface area contributed by atoms with Crippen LogP contribution in [0.2, 0.25) is 0 Å². The van der Waals surface area contributed by atoms with Crippen molar-refractivity contribution in [2.75, 3.05) is 13.2 Å². The van der Waals surface area contributed by atoms with Crippen LogP contribution in [0.4, 0.5) is 4.39 Å². The number of carboxylic acid groups (broad SMARTS) is 1. The van der Waals surface area contributed by atoms with Gasteiger partial charge in [-0.3, -0.25) is 4.79 Å². The Morgan fingerprint density at radius 2 is 1.89 bits per heavy atom. The van der Waals surface area contributed by atoms with Gasteiger partial charge in [0.1, 0.15) is 5.82 Å². The number of halogens is 1. The summed E-state index contributed by atoms with van der Waals surface area (Å²) in [4.78, 5) is 11.0. The van der Waals surface area contributed by atoms with E-state index >= 15 is 0 Å². The molecule has 5 nitrogen and oxygen atoms in total. The molecule has 3 N–H and O–H groups in total. The number of β-amino-alcohol motifs (C(OH)–C–C–N with tert-alkyl or cyclic N) is 1. The second-order valence-corrected chi connectivity index (χ2v) is 10.5. The van der Waals surface area contributed by atoms with E-state index < -0.39 is 12.1 Å². The second-order valence-electron chi connectivity index (χ2n) is 10.5. The van der Waals surface area contributed by atoms with Crippen molar-refractivity contribution in [3.05, 3.63) is 70.5 Å². The van der Waals surface area contributed by atoms with Gasteiger partial charge in [0, 0.05) is 18.5 Å². The molecule has 6 heteroatoms. The highest BCUT2D eigenvalue weighted by Gasteiger charge is 2.28. The molecule has 0 saturated carbocycles. The maximum atomic E-state index is 14.0. The molecule has 2 atom stereocenters. The third kappa shape index (κ3) is 8.41. The van der Waals surface area contributed by atoms with Crippen molar-refractivity contribution in [3.63, 3.8) is 0 Å². The van der Waals surface area contributed by atoms with Crippen LogP contribution in [-0.2, 0) is 28.8 Å². The molecule has 2 aromatic rings. The van der Waals surface area contributed by atoms with Crippen molar-refractivity contribution >= 4 is 5.97 Å². The number of benzene rings is 2. The van der Waals surface area contributed by atoms with Crippen LogP contribution in [0.1, 0.15) is 74.8 Å². The number of ether oxygens (including phenoxy) is 1. The van der Waals surface area contributed by atoms with Crippen LogP contribution in [0, 0.1) is 11.7 Å². The number of aliphatic hydroxyl groups is 1. The number of aliphatic carboxylic acids is 1. The van der Waals surface area contributed by atoms with E-state index in [0.29, 0.717) is 30.9 Å². The highest BCUT2D eigenvalue weighted by atomic mass is 19.1. The maximum Gasteiger partial charge on any atom is 0.303 e. The lowest BCUT2D eigenvalue weighted by atomic mass is 9.88. The fourth-order valence-corrected chi connectivity index (χ4v) is 5.19. The van der Waals surface area contributed by atoms with E-state index in [4.69, 9.17) is 9.84 Å². The summed E-state index contributed by atoms with van der Waals surface area (Å²) in [5.41, 5.74) is 4.23. The van der Waals surface area contributed by atoms with Gasteiger partial charge in [-0.05, 0) is 86.3 Å². The monoisotopic (exact) mass is 485 g/mol. The number of rotatable bonds is 14. The van der Waals surface area contributed by atoms with Gasteiger partial charge in [0.05, 0.1) is 18.8 Å². The number of aryl methyl sites for hydroxylation is 1. The predicted octanol–water partition coefficient (Wildman–Crippen LogP) is 5.23. The van der Waals surface area contributed by atoms with Gasteiger partial charge in [-0.2, -0.15) is 0 Å². The summed E-state index contributed by atoms with van der Waals surface area (Å²) >= 11 is 0. The SMILES string of the molecule is CCC[C@@H](OC[C@H](O)CNC(C)(C)CC1Cc2ccccc2C1)c1cc(F)ccc1CCC(=O)O. The van der Waals surface area contributed by atoms with Crippen molar-refractivity contribution in [1.29, 1.82) is 0 Å². The lowest BCUT2D eigenvalue weighted by Crippen LogP contribution is -2.45. The van der Waals surface area contributed by atoms with Gasteiger partial charge in [-0.25, -0.2) is 4.39 Å². The number of fused-ring (bicyclic) bond motifs is 1. The minimum atomic E-state index is -0.890. The standard InChI is InChI=1S/C29H40FNO4/c1-4-7-27(26-16-24(30)12-10-21(26)11-13-28(33)34)35-19-25(32)18-31-29(2,3)17-20-14-22-8-5-6-9-23(22)15-20/h5-6,8-10,12,16,20,25,27,31-32H,4,7,11,13-15,17-19H2,1-3H3,(H,33,34)/t25-,27-/m1/s1. The first-order valence-corrected chi connectivity index (χ1v) is 12.8. The first kappa shape index (κ1) is 27.3. The van der Waals surface area contributed by atoms with Crippen LogP contribution in [0.25, 0.3) is 0 Å². The molecule has 35 heavy (non-hydrogen) atoms. The quantitative estimate of drug-likeness (QED) is 0.341. The number of nitrogens with one attached hydrogen (secondary N) is 1. The molecule has 1 aliphatic carbocycles. The highest BCUT2D eigenvalue weighted by Crippen LogP contribution is 2.32. The molecule has 0 aliphatic heterocycles. The summed E-state index contributed by atoms with van der Waals surface area (Å²) in [6, 6.07) is 13.1. The molecule has 0 radical (unpaired) electrons. The van der Waals surface area contributed by atoms with Crippen molar-refractivity contribution < 1.29 is 24.1 Å². The number of hydrogen-bond acceptors (Lipinski definition) is 4. The Hall–Kier alpha value is -2.28. The molecule has 1 aliphatic rings. The lowest BCUT2D eigenvalue weighted by molar-refractivity contribution is -0.136. The average Bonchev–Trinajstić information content (AvgIpc) is 3.21. The Labute approximate surface area is 208 Å². The van der Waals surface area contributed by atoms with E-state index in [-0.39, 0.29) is 30.5 Å². The van der Waals surface area contributed by atoms with Gasteiger partial charge in [0.15, 0.2) is 0 Å². The van der Waals surface area contributed by atoms with E-state index in [2.05, 4.69) is 43.4 Å². The summed E-state index contributed by atoms with van der Waals surface area (Å²) in [6.07, 6.45) is 3.91. The van der Waals surface area contributed by atoms with Crippen LogP contribution in [0.5, 0.6) is 0 Å². The van der Waals surface area contributed by atoms with Crippen molar-refractivity contribution in [2.24, 2.45) is 5.92 Å². The molecule has 0 fully saturated rings. The number of hydrogen-bond donors (Lipinski definition) is 3. The topological polar surface area (TPSA) is 78.8 Å². The number of carbonyl (C=O) groups is 1. The minimum absolute atomic E-state index is 0.0226. The first-order chi connectivity index (χ1) is 16.7. The van der Waals surface area contributed by atoms with E-state index in [1.165, 1.54) is 23.3 Å². The largest absolute Gasteiger partial charge is 0.481 e. The van der Waals surface area contributed by atoms with Gasteiger partial charge in [-0.15, -0.1) is 0 Å². The Bertz CT molecular complexity index is 952. The van der Waals surface area contributed by atoms with Crippen molar-refractivity contribution in [1.82, 2.24) is 5.32 Å². The molecule has 0 saturated heterocycles. The molecule has 0 heterocycles. The van der Waals surface area contributed by atoms with Gasteiger partial charge in [0.2, 0.25) is 0 Å². The van der Waals surface area contributed by atoms with E-state index in [0.717, 1.165) is 31.2 Å². The van der Waals surface area contributed by atoms with E-state index in [1.54, 1.807) is 6.07 Å². The van der Waals surface area contributed by atoms with Crippen LogP contribution < -0.4 is 5.32 Å². The Morgan fingerprint density at radius 1 is 1.20 bits per heavy atom. The van der Waals surface area contributed by atoms with Crippen LogP contribution in [-0.4, -0.2) is 41.0 Å². The van der Waals surface area contributed by atoms with Crippen molar-refractivity contribution in [3.8, 4) is 0 Å². The normalized spacial score (nSPS) is 15.7. The van der Waals surface area contributed by atoms with Gasteiger partial charge < -0.3 is 20.3 Å². The zero-order valence-corrected chi connectivity index (χ0v) is 21.2. The Balaban J connectivity index is 1.52. The molecular weight excluding hydrogens is 445 g/mol. The number of carboxylic acids is 1. The fraction of sp³-hybridized carbons (Fsp3) is 0.552. The maximum absolute atomic E-state index is 14.0. The summed E-state index contributed by atoms with van der Waals surface area (Å²) in [5, 5.41) is 23.2. The minimum Gasteiger partial charge on any atom is -0.481 e. The molecular formula is C29H40FNO4. The summed E-state index contributed by atoms with van der Waals surface area (Å²) in [5.74, 6) is -0.671. The lowest BCUT2D eigenvalue weighted by Gasteiger charge is -2.31. The van der Waals surface area contributed by atoms with Crippen LogP contribution in [0.3, 0.4) is 0 Å². The first-order valence-electron chi connectivity index (χ1n) is 12.8. The van der Waals surface area contributed by atoms with Gasteiger partial charge in [0.25, 0.3) is 0 Å². The fourth-order valence-electron chi connectivity index (χ4n) is 5.19. The zero-order valence-electron chi connectivity index (χ0n) is 21.2. The Kier molecular flexibility index (Phi) is 9.84. The molecule has 0 spiro atoms. The molecule has 0 bridgehead atoms. The van der Waals surface area contributed by atoms with Gasteiger partial charge in [-0.1, -0.05) is 43.7 Å². The third-order valence-corrected chi connectivity index (χ3v) is 6.85. The summed E-state index contributed by atoms with van der Waals surface area (Å²) in [6.45, 7) is 6.89. The van der Waals surface area contributed by atoms with Crippen LogP contribution in [0.15, 0.2) is 42.5 Å². The van der Waals surface area contributed by atoms with Crippen molar-refractivity contribution in [2.45, 2.75) is 83.5 Å². The molecule has 2 aromatic carbocycles. The molecule has 0 unspecified atom stereocenters. The smallest absolute Gasteiger partial charge is 0.303 e. The highest BCUT2D eigenvalue weighted by molar-refractivity contribution is 5.67. The second kappa shape index (κ2) is 12.6. The molecule has 3 rings (SSSR count). The van der Waals surface area contributed by atoms with Gasteiger partial charge >= 0.3 is 5.97 Å². The molecule has 0 amide bonds. The average molecular weight is 486 g/mol. The molecule has 192 valence electrons. The van der Waals surface area contributed by atoms with Crippen LogP contribution >= 0.6 is 0 Å². The Morgan fingerprint density at radius 3 is 2.51 bits per heavy atom. The third-order valence-electron chi connectivity index (χ3n) is 6.85. The molecule has 0 aromatic heterocycles. The van der Waals surface area contributed by atoms with E-state index in [1.807, 2.05) is 6.92 Å². The summed E-state index contributed by atoms with van der Waals surface area (Å²) < 4.78 is 20.1. The predicted molar refractivity (Wildman–Crippen MR) is 136 cm³/mol. The number of aliphatic hydroxyl groups excluding tert-OH is 1. The van der Waals surface area contributed by atoms with E-state index in [9.17, 15) is 14.3 Å². The zero-order chi connectivity index (χ0) is 25.4.